The van der Waals surface area contributed by atoms with Crippen LogP contribution in [0.4, 0.5) is 0 Å². The van der Waals surface area contributed by atoms with E-state index in [9.17, 15) is 0 Å². The lowest BCUT2D eigenvalue weighted by atomic mass is 10.2. The van der Waals surface area contributed by atoms with Gasteiger partial charge < -0.3 is 19.3 Å². The summed E-state index contributed by atoms with van der Waals surface area (Å²) in [5.74, 6) is 4.20. The third-order valence-corrected chi connectivity index (χ3v) is 6.08. The van der Waals surface area contributed by atoms with Gasteiger partial charge in [0.2, 0.25) is 0 Å². The van der Waals surface area contributed by atoms with Gasteiger partial charge in [-0.05, 0) is 33.1 Å². The van der Waals surface area contributed by atoms with Crippen LogP contribution >= 0.6 is 0 Å². The highest BCUT2D eigenvalue weighted by atomic mass is 16.5. The minimum absolute atomic E-state index is 0.808. The summed E-state index contributed by atoms with van der Waals surface area (Å²) >= 11 is 0. The van der Waals surface area contributed by atoms with Gasteiger partial charge in [0, 0.05) is 71.3 Å². The van der Waals surface area contributed by atoms with Crippen LogP contribution in [0.5, 0.6) is 0 Å². The molecule has 0 atom stereocenters. The molecule has 31 heavy (non-hydrogen) atoms. The molecular formula is C22H36N8O. The summed E-state index contributed by atoms with van der Waals surface area (Å²) in [5.41, 5.74) is 1.01. The summed E-state index contributed by atoms with van der Waals surface area (Å²) in [4.78, 5) is 9.70. The molecule has 1 fully saturated rings. The smallest absolute Gasteiger partial charge is 0.194 e. The molecule has 0 bridgehead atoms. The topological polar surface area (TPSA) is 87.6 Å². The Hall–Kier alpha value is -2.42. The molecule has 0 aliphatic carbocycles. The molecule has 0 unspecified atom stereocenters. The number of hydrogen-bond donors (Lipinski definition) is 1. The second-order valence-electron chi connectivity index (χ2n) is 8.53. The van der Waals surface area contributed by atoms with Crippen molar-refractivity contribution in [2.75, 3.05) is 39.3 Å². The van der Waals surface area contributed by atoms with Crippen molar-refractivity contribution in [3.63, 3.8) is 0 Å². The molecule has 0 amide bonds. The minimum Gasteiger partial charge on any atom is -0.361 e. The van der Waals surface area contributed by atoms with Crippen molar-refractivity contribution in [2.45, 2.75) is 65.5 Å². The van der Waals surface area contributed by atoms with Crippen molar-refractivity contribution < 1.29 is 4.52 Å². The molecule has 0 radical (unpaired) electrons. The highest BCUT2D eigenvalue weighted by Gasteiger charge is 2.20. The highest BCUT2D eigenvalue weighted by molar-refractivity contribution is 5.80. The maximum absolute atomic E-state index is 5.19. The Morgan fingerprint density at radius 3 is 2.77 bits per heavy atom. The van der Waals surface area contributed by atoms with E-state index < -0.39 is 0 Å². The van der Waals surface area contributed by atoms with Crippen molar-refractivity contribution in [3.8, 4) is 0 Å². The SMILES string of the molecule is CCNC(=NCCCc1nnc2n1CCCCC2)N1CCN(Cc2cc(C)on2)CC1. The lowest BCUT2D eigenvalue weighted by Gasteiger charge is -2.36. The third kappa shape index (κ3) is 5.84. The zero-order valence-corrected chi connectivity index (χ0v) is 19.0. The molecule has 2 aliphatic rings. The third-order valence-electron chi connectivity index (χ3n) is 6.08. The molecule has 0 saturated carbocycles. The van der Waals surface area contributed by atoms with Crippen LogP contribution in [0.3, 0.4) is 0 Å². The molecule has 9 nitrogen and oxygen atoms in total. The van der Waals surface area contributed by atoms with Gasteiger partial charge in [0.1, 0.15) is 17.4 Å². The molecule has 4 rings (SSSR count). The largest absolute Gasteiger partial charge is 0.361 e. The molecular weight excluding hydrogens is 392 g/mol. The lowest BCUT2D eigenvalue weighted by molar-refractivity contribution is 0.169. The van der Waals surface area contributed by atoms with Crippen LogP contribution in [-0.4, -0.2) is 74.9 Å². The van der Waals surface area contributed by atoms with E-state index in [1.165, 1.54) is 25.1 Å². The average molecular weight is 429 g/mol. The first-order valence-electron chi connectivity index (χ1n) is 11.8. The van der Waals surface area contributed by atoms with Crippen LogP contribution in [0.15, 0.2) is 15.6 Å². The van der Waals surface area contributed by atoms with Crippen molar-refractivity contribution in [3.05, 3.63) is 29.2 Å². The minimum atomic E-state index is 0.808. The van der Waals surface area contributed by atoms with Crippen LogP contribution in [-0.2, 0) is 25.9 Å². The number of rotatable bonds is 7. The zero-order chi connectivity index (χ0) is 21.5. The number of fused-ring (bicyclic) bond motifs is 1. The van der Waals surface area contributed by atoms with E-state index in [4.69, 9.17) is 9.52 Å². The molecule has 0 aromatic carbocycles. The van der Waals surface area contributed by atoms with Crippen LogP contribution < -0.4 is 5.32 Å². The van der Waals surface area contributed by atoms with Crippen LogP contribution in [0, 0.1) is 6.92 Å². The van der Waals surface area contributed by atoms with E-state index in [1.54, 1.807) is 0 Å². The van der Waals surface area contributed by atoms with E-state index in [1.807, 2.05) is 13.0 Å². The molecule has 170 valence electrons. The van der Waals surface area contributed by atoms with Gasteiger partial charge in [-0.1, -0.05) is 11.6 Å². The number of aromatic nitrogens is 4. The first-order valence-corrected chi connectivity index (χ1v) is 11.8. The van der Waals surface area contributed by atoms with E-state index >= 15 is 0 Å². The van der Waals surface area contributed by atoms with E-state index in [2.05, 4.69) is 42.0 Å². The molecule has 0 spiro atoms. The van der Waals surface area contributed by atoms with Crippen molar-refractivity contribution in [1.82, 2.24) is 35.0 Å². The predicted octanol–water partition coefficient (Wildman–Crippen LogP) is 2.02. The Bertz CT molecular complexity index is 850. The second-order valence-corrected chi connectivity index (χ2v) is 8.53. The van der Waals surface area contributed by atoms with Crippen LogP contribution in [0.25, 0.3) is 0 Å². The maximum atomic E-state index is 5.19. The average Bonchev–Trinajstić information content (AvgIpc) is 3.28. The fourth-order valence-electron chi connectivity index (χ4n) is 4.42. The molecule has 1 saturated heterocycles. The van der Waals surface area contributed by atoms with Gasteiger partial charge in [0.15, 0.2) is 5.96 Å². The van der Waals surface area contributed by atoms with Crippen LogP contribution in [0.1, 0.15) is 55.7 Å². The standard InChI is InChI=1S/C22H36N8O/c1-3-23-22(29-14-12-28(13-15-29)17-19-16-18(2)31-27-19)24-10-7-9-21-26-25-20-8-5-4-6-11-30(20)21/h16H,3-15,17H2,1-2H3,(H,23,24). The van der Waals surface area contributed by atoms with Crippen molar-refractivity contribution >= 4 is 5.96 Å². The van der Waals surface area contributed by atoms with Gasteiger partial charge in [-0.3, -0.25) is 9.89 Å². The number of piperazine rings is 1. The molecule has 4 heterocycles. The molecule has 1 N–H and O–H groups in total. The van der Waals surface area contributed by atoms with Gasteiger partial charge in [0.25, 0.3) is 0 Å². The molecule has 2 aliphatic heterocycles. The summed E-state index contributed by atoms with van der Waals surface area (Å²) in [5, 5.41) is 16.4. The van der Waals surface area contributed by atoms with E-state index in [0.29, 0.717) is 0 Å². The van der Waals surface area contributed by atoms with Gasteiger partial charge in [0.05, 0.1) is 5.69 Å². The number of aliphatic imine (C=N–C) groups is 1. The summed E-state index contributed by atoms with van der Waals surface area (Å²) in [6, 6.07) is 2.02. The van der Waals surface area contributed by atoms with Crippen molar-refractivity contribution in [2.24, 2.45) is 4.99 Å². The van der Waals surface area contributed by atoms with Crippen molar-refractivity contribution in [1.29, 1.82) is 0 Å². The summed E-state index contributed by atoms with van der Waals surface area (Å²) < 4.78 is 7.53. The Kier molecular flexibility index (Phi) is 7.56. The second kappa shape index (κ2) is 10.7. The number of aryl methyl sites for hydroxylation is 3. The van der Waals surface area contributed by atoms with E-state index in [-0.39, 0.29) is 0 Å². The summed E-state index contributed by atoms with van der Waals surface area (Å²) in [6.07, 6.45) is 6.78. The number of hydrogen-bond acceptors (Lipinski definition) is 6. The number of nitrogens with zero attached hydrogens (tertiary/aromatic N) is 7. The molecule has 2 aromatic heterocycles. The van der Waals surface area contributed by atoms with Gasteiger partial charge in [-0.2, -0.15) is 0 Å². The quantitative estimate of drug-likeness (QED) is 0.410. The lowest BCUT2D eigenvalue weighted by Crippen LogP contribution is -2.52. The number of nitrogens with one attached hydrogen (secondary N) is 1. The first kappa shape index (κ1) is 21.8. The Morgan fingerprint density at radius 2 is 2.00 bits per heavy atom. The Morgan fingerprint density at radius 1 is 1.13 bits per heavy atom. The van der Waals surface area contributed by atoms with E-state index in [0.717, 1.165) is 94.9 Å². The summed E-state index contributed by atoms with van der Waals surface area (Å²) in [6.45, 7) is 11.6. The zero-order valence-electron chi connectivity index (χ0n) is 19.0. The number of guanidine groups is 1. The fraction of sp³-hybridized carbons (Fsp3) is 0.727. The fourth-order valence-corrected chi connectivity index (χ4v) is 4.42. The first-order chi connectivity index (χ1) is 15.2. The van der Waals surface area contributed by atoms with Gasteiger partial charge >= 0.3 is 0 Å². The van der Waals surface area contributed by atoms with Gasteiger partial charge in [-0.25, -0.2) is 0 Å². The molecule has 9 heteroatoms. The maximum Gasteiger partial charge on any atom is 0.194 e. The van der Waals surface area contributed by atoms with Gasteiger partial charge in [-0.15, -0.1) is 10.2 Å². The highest BCUT2D eigenvalue weighted by Crippen LogP contribution is 2.15. The van der Waals surface area contributed by atoms with Crippen LogP contribution in [0.2, 0.25) is 0 Å². The normalized spacial score (nSPS) is 18.1. The predicted molar refractivity (Wildman–Crippen MR) is 120 cm³/mol. The monoisotopic (exact) mass is 428 g/mol. The Labute approximate surface area is 184 Å². The summed E-state index contributed by atoms with van der Waals surface area (Å²) in [7, 11) is 0. The Balaban J connectivity index is 1.25. The molecule has 2 aromatic rings.